The van der Waals surface area contributed by atoms with Gasteiger partial charge in [-0.15, -0.1) is 0 Å². The van der Waals surface area contributed by atoms with E-state index in [-0.39, 0.29) is 11.6 Å². The molecule has 1 rings (SSSR count). The second kappa shape index (κ2) is 3.57. The van der Waals surface area contributed by atoms with Crippen molar-refractivity contribution in [2.75, 3.05) is 0 Å². The van der Waals surface area contributed by atoms with Crippen molar-refractivity contribution >= 4 is 5.97 Å². The predicted molar refractivity (Wildman–Crippen MR) is 45.2 cm³/mol. The van der Waals surface area contributed by atoms with Crippen LogP contribution in [0.4, 0.5) is 0 Å². The molecule has 0 fully saturated rings. The Morgan fingerprint density at radius 1 is 1.69 bits per heavy atom. The van der Waals surface area contributed by atoms with E-state index in [9.17, 15) is 4.79 Å². The molecule has 0 saturated carbocycles. The molecule has 0 aromatic carbocycles. The van der Waals surface area contributed by atoms with Crippen LogP contribution < -0.4 is 5.73 Å². The van der Waals surface area contributed by atoms with E-state index in [1.54, 1.807) is 6.07 Å². The van der Waals surface area contributed by atoms with Crippen LogP contribution in [-0.4, -0.2) is 16.2 Å². The Kier molecular flexibility index (Phi) is 2.67. The summed E-state index contributed by atoms with van der Waals surface area (Å²) in [4.78, 5) is 10.5. The quantitative estimate of drug-likeness (QED) is 0.727. The van der Waals surface area contributed by atoms with Crippen LogP contribution in [0.2, 0.25) is 0 Å². The molecular weight excluding hydrogens is 172 g/mol. The third-order valence-electron chi connectivity index (χ3n) is 1.70. The molecule has 0 bridgehead atoms. The van der Waals surface area contributed by atoms with E-state index in [1.165, 1.54) is 0 Å². The SMILES string of the molecule is CC(C)c1cc(C(N)C(=O)O)no1. The molecule has 3 N–H and O–H groups in total. The molecule has 13 heavy (non-hydrogen) atoms. The second-order valence-electron chi connectivity index (χ2n) is 3.12. The van der Waals surface area contributed by atoms with E-state index >= 15 is 0 Å². The standard InChI is InChI=1S/C8H12N2O3/c1-4(2)6-3-5(10-13-6)7(9)8(11)12/h3-4,7H,9H2,1-2H3,(H,11,12). The lowest BCUT2D eigenvalue weighted by Gasteiger charge is -1.98. The Balaban J connectivity index is 2.85. The summed E-state index contributed by atoms with van der Waals surface area (Å²) in [7, 11) is 0. The Bertz CT molecular complexity index is 306. The molecule has 1 heterocycles. The van der Waals surface area contributed by atoms with E-state index in [1.807, 2.05) is 13.8 Å². The highest BCUT2D eigenvalue weighted by atomic mass is 16.5. The first kappa shape index (κ1) is 9.73. The van der Waals surface area contributed by atoms with Crippen molar-refractivity contribution in [1.82, 2.24) is 5.16 Å². The predicted octanol–water partition coefficient (Wildman–Crippen LogP) is 0.882. The average molecular weight is 184 g/mol. The highest BCUT2D eigenvalue weighted by molar-refractivity contribution is 5.74. The van der Waals surface area contributed by atoms with Crippen LogP contribution >= 0.6 is 0 Å². The molecule has 0 aliphatic heterocycles. The minimum atomic E-state index is -1.11. The zero-order valence-electron chi connectivity index (χ0n) is 7.52. The van der Waals surface area contributed by atoms with Gasteiger partial charge in [-0.2, -0.15) is 0 Å². The summed E-state index contributed by atoms with van der Waals surface area (Å²) < 4.78 is 4.90. The van der Waals surface area contributed by atoms with Crippen molar-refractivity contribution in [1.29, 1.82) is 0 Å². The number of hydrogen-bond acceptors (Lipinski definition) is 4. The zero-order valence-corrected chi connectivity index (χ0v) is 7.52. The van der Waals surface area contributed by atoms with Crippen LogP contribution in [0.15, 0.2) is 10.6 Å². The summed E-state index contributed by atoms with van der Waals surface area (Å²) in [6, 6.07) is 0.472. The van der Waals surface area contributed by atoms with Crippen molar-refractivity contribution in [3.63, 3.8) is 0 Å². The summed E-state index contributed by atoms with van der Waals surface area (Å²) >= 11 is 0. The Morgan fingerprint density at radius 3 is 2.69 bits per heavy atom. The normalized spacial score (nSPS) is 13.2. The molecule has 0 spiro atoms. The van der Waals surface area contributed by atoms with Crippen molar-refractivity contribution in [3.8, 4) is 0 Å². The van der Waals surface area contributed by atoms with E-state index in [4.69, 9.17) is 15.4 Å². The van der Waals surface area contributed by atoms with Gasteiger partial charge in [0.05, 0.1) is 0 Å². The van der Waals surface area contributed by atoms with Crippen LogP contribution in [0, 0.1) is 0 Å². The third kappa shape index (κ3) is 2.06. The molecule has 1 unspecified atom stereocenters. The van der Waals surface area contributed by atoms with Crippen molar-refractivity contribution < 1.29 is 14.4 Å². The minimum absolute atomic E-state index is 0.183. The van der Waals surface area contributed by atoms with Gasteiger partial charge in [0.1, 0.15) is 17.5 Å². The number of carboxylic acids is 1. The van der Waals surface area contributed by atoms with E-state index in [2.05, 4.69) is 5.16 Å². The van der Waals surface area contributed by atoms with Gasteiger partial charge in [-0.1, -0.05) is 19.0 Å². The first-order valence-electron chi connectivity index (χ1n) is 3.97. The zero-order chi connectivity index (χ0) is 10.0. The molecule has 72 valence electrons. The molecule has 5 heteroatoms. The number of nitrogens with two attached hydrogens (primary N) is 1. The summed E-state index contributed by atoms with van der Waals surface area (Å²) in [5.74, 6) is -0.280. The minimum Gasteiger partial charge on any atom is -0.480 e. The van der Waals surface area contributed by atoms with Crippen LogP contribution in [0.1, 0.15) is 37.3 Å². The number of carbonyl (C=O) groups is 1. The number of aliphatic carboxylic acids is 1. The lowest BCUT2D eigenvalue weighted by atomic mass is 10.1. The summed E-state index contributed by atoms with van der Waals surface area (Å²) in [5.41, 5.74) is 5.59. The van der Waals surface area contributed by atoms with Gasteiger partial charge in [-0.3, -0.25) is 4.79 Å². The molecule has 0 aliphatic carbocycles. The van der Waals surface area contributed by atoms with Crippen molar-refractivity contribution in [2.24, 2.45) is 5.73 Å². The number of rotatable bonds is 3. The highest BCUT2D eigenvalue weighted by Gasteiger charge is 2.19. The second-order valence-corrected chi connectivity index (χ2v) is 3.12. The number of hydrogen-bond donors (Lipinski definition) is 2. The van der Waals surface area contributed by atoms with Gasteiger partial charge in [0.25, 0.3) is 0 Å². The number of carboxylic acid groups (broad SMARTS) is 1. The Labute approximate surface area is 75.5 Å². The van der Waals surface area contributed by atoms with Crippen molar-refractivity contribution in [3.05, 3.63) is 17.5 Å². The third-order valence-corrected chi connectivity index (χ3v) is 1.70. The van der Waals surface area contributed by atoms with Gasteiger partial charge in [-0.05, 0) is 0 Å². The van der Waals surface area contributed by atoms with Gasteiger partial charge >= 0.3 is 5.97 Å². The fraction of sp³-hybridized carbons (Fsp3) is 0.500. The fourth-order valence-corrected chi connectivity index (χ4v) is 0.849. The maximum absolute atomic E-state index is 10.5. The molecule has 0 aliphatic rings. The van der Waals surface area contributed by atoms with E-state index < -0.39 is 12.0 Å². The molecule has 5 nitrogen and oxygen atoms in total. The van der Waals surface area contributed by atoms with Gasteiger partial charge in [-0.25, -0.2) is 0 Å². The monoisotopic (exact) mass is 184 g/mol. The lowest BCUT2D eigenvalue weighted by molar-refractivity contribution is -0.138. The molecule has 1 aromatic rings. The summed E-state index contributed by atoms with van der Waals surface area (Å²) in [6.07, 6.45) is 0. The summed E-state index contributed by atoms with van der Waals surface area (Å²) in [5, 5.41) is 12.2. The summed E-state index contributed by atoms with van der Waals surface area (Å²) in [6.45, 7) is 3.85. The van der Waals surface area contributed by atoms with Gasteiger partial charge < -0.3 is 15.4 Å². The molecule has 0 saturated heterocycles. The lowest BCUT2D eigenvalue weighted by Crippen LogP contribution is -2.20. The van der Waals surface area contributed by atoms with Crippen LogP contribution in [-0.2, 0) is 4.79 Å². The number of aromatic nitrogens is 1. The first-order valence-corrected chi connectivity index (χ1v) is 3.97. The first-order chi connectivity index (χ1) is 6.02. The van der Waals surface area contributed by atoms with E-state index in [0.717, 1.165) is 0 Å². The van der Waals surface area contributed by atoms with Crippen LogP contribution in [0.3, 0.4) is 0 Å². The topological polar surface area (TPSA) is 89.4 Å². The van der Waals surface area contributed by atoms with Gasteiger partial charge in [0.2, 0.25) is 0 Å². The van der Waals surface area contributed by atoms with Crippen LogP contribution in [0.25, 0.3) is 0 Å². The van der Waals surface area contributed by atoms with Gasteiger partial charge in [0.15, 0.2) is 0 Å². The van der Waals surface area contributed by atoms with Crippen molar-refractivity contribution in [2.45, 2.75) is 25.8 Å². The average Bonchev–Trinajstić information content (AvgIpc) is 2.50. The molecular formula is C8H12N2O3. The molecule has 0 radical (unpaired) electrons. The van der Waals surface area contributed by atoms with Crippen LogP contribution in [0.5, 0.6) is 0 Å². The Morgan fingerprint density at radius 2 is 2.31 bits per heavy atom. The maximum Gasteiger partial charge on any atom is 0.326 e. The van der Waals surface area contributed by atoms with Gasteiger partial charge in [0, 0.05) is 12.0 Å². The molecule has 0 amide bonds. The maximum atomic E-state index is 10.5. The smallest absolute Gasteiger partial charge is 0.326 e. The fourth-order valence-electron chi connectivity index (χ4n) is 0.849. The Hall–Kier alpha value is -1.36. The largest absolute Gasteiger partial charge is 0.480 e. The van der Waals surface area contributed by atoms with E-state index in [0.29, 0.717) is 5.76 Å². The number of nitrogens with zero attached hydrogens (tertiary/aromatic N) is 1. The molecule has 1 aromatic heterocycles. The highest BCUT2D eigenvalue weighted by Crippen LogP contribution is 2.18. The molecule has 1 atom stereocenters.